The van der Waals surface area contributed by atoms with E-state index >= 15 is 0 Å². The Morgan fingerprint density at radius 2 is 2.05 bits per heavy atom. The molecule has 5 nitrogen and oxygen atoms in total. The highest BCUT2D eigenvalue weighted by atomic mass is 35.5. The zero-order valence-electron chi connectivity index (χ0n) is 12.9. The lowest BCUT2D eigenvalue weighted by Crippen LogP contribution is -2.16. The van der Waals surface area contributed by atoms with E-state index in [0.29, 0.717) is 22.0 Å². The molecule has 0 bridgehead atoms. The Hall–Kier alpha value is -2.32. The van der Waals surface area contributed by atoms with Crippen LogP contribution in [0, 0.1) is 11.3 Å². The van der Waals surface area contributed by atoms with Gasteiger partial charge in [-0.15, -0.1) is 0 Å². The normalized spacial score (nSPS) is 11.1. The number of rotatable bonds is 2. The number of aromatic nitrogens is 2. The fourth-order valence-electron chi connectivity index (χ4n) is 1.92. The average Bonchev–Trinajstić information content (AvgIpc) is 2.81. The van der Waals surface area contributed by atoms with Crippen LogP contribution in [-0.2, 0) is 12.5 Å². The number of halogens is 1. The zero-order valence-corrected chi connectivity index (χ0v) is 13.7. The average molecular weight is 317 g/mol. The summed E-state index contributed by atoms with van der Waals surface area (Å²) in [5.74, 6) is -0.272. The van der Waals surface area contributed by atoms with E-state index in [2.05, 4.69) is 10.4 Å². The summed E-state index contributed by atoms with van der Waals surface area (Å²) in [4.78, 5) is 12.4. The summed E-state index contributed by atoms with van der Waals surface area (Å²) in [5, 5.41) is 16.3. The highest BCUT2D eigenvalue weighted by Crippen LogP contribution is 2.23. The van der Waals surface area contributed by atoms with Gasteiger partial charge in [-0.1, -0.05) is 32.4 Å². The number of hydrogen-bond acceptors (Lipinski definition) is 3. The Kier molecular flexibility index (Phi) is 4.25. The molecule has 1 amide bonds. The first-order valence-corrected chi connectivity index (χ1v) is 7.15. The number of benzene rings is 1. The topological polar surface area (TPSA) is 70.7 Å². The smallest absolute Gasteiger partial charge is 0.273 e. The molecular formula is C16H17ClN4O. The third kappa shape index (κ3) is 3.29. The molecule has 0 aliphatic heterocycles. The summed E-state index contributed by atoms with van der Waals surface area (Å²) in [6, 6.07) is 8.52. The van der Waals surface area contributed by atoms with Gasteiger partial charge in [-0.3, -0.25) is 9.48 Å². The van der Waals surface area contributed by atoms with Gasteiger partial charge in [0.1, 0.15) is 11.8 Å². The van der Waals surface area contributed by atoms with Gasteiger partial charge in [-0.05, 0) is 24.3 Å². The van der Waals surface area contributed by atoms with Gasteiger partial charge in [0.25, 0.3) is 5.91 Å². The molecule has 0 aliphatic rings. The minimum Gasteiger partial charge on any atom is -0.321 e. The maximum absolute atomic E-state index is 12.4. The molecule has 0 unspecified atom stereocenters. The lowest BCUT2D eigenvalue weighted by atomic mass is 9.92. The third-order valence-electron chi connectivity index (χ3n) is 3.23. The van der Waals surface area contributed by atoms with Gasteiger partial charge >= 0.3 is 0 Å². The summed E-state index contributed by atoms with van der Waals surface area (Å²) in [7, 11) is 1.73. The van der Waals surface area contributed by atoms with Crippen LogP contribution in [-0.4, -0.2) is 15.7 Å². The van der Waals surface area contributed by atoms with E-state index in [1.807, 2.05) is 26.8 Å². The Balaban J connectivity index is 2.25. The van der Waals surface area contributed by atoms with Crippen molar-refractivity contribution < 1.29 is 4.79 Å². The number of carbonyl (C=O) groups is 1. The van der Waals surface area contributed by atoms with Crippen molar-refractivity contribution in [2.45, 2.75) is 26.2 Å². The van der Waals surface area contributed by atoms with E-state index in [4.69, 9.17) is 16.9 Å². The predicted octanol–water partition coefficient (Wildman–Crippen LogP) is 3.49. The van der Waals surface area contributed by atoms with Crippen molar-refractivity contribution in [1.29, 1.82) is 5.26 Å². The number of carbonyl (C=O) groups excluding carboxylic acids is 1. The largest absolute Gasteiger partial charge is 0.321 e. The fourth-order valence-corrected chi connectivity index (χ4v) is 2.15. The SMILES string of the molecule is Cn1nc(C(C)(C)C)cc1C(=O)Nc1ccc(C#N)c(Cl)c1. The molecule has 0 spiro atoms. The van der Waals surface area contributed by atoms with E-state index in [-0.39, 0.29) is 11.3 Å². The molecule has 0 saturated carbocycles. The maximum Gasteiger partial charge on any atom is 0.273 e. The molecule has 0 atom stereocenters. The first-order valence-electron chi connectivity index (χ1n) is 6.78. The van der Waals surface area contributed by atoms with Crippen molar-refractivity contribution in [3.63, 3.8) is 0 Å². The third-order valence-corrected chi connectivity index (χ3v) is 3.54. The van der Waals surface area contributed by atoms with Crippen molar-refractivity contribution in [3.05, 3.63) is 46.2 Å². The fraction of sp³-hybridized carbons (Fsp3) is 0.312. The first kappa shape index (κ1) is 16.1. The number of nitriles is 1. The van der Waals surface area contributed by atoms with Gasteiger partial charge in [0.05, 0.1) is 16.3 Å². The van der Waals surface area contributed by atoms with Gasteiger partial charge in [0.2, 0.25) is 0 Å². The molecule has 2 aromatic rings. The zero-order chi connectivity index (χ0) is 16.5. The van der Waals surface area contributed by atoms with Crippen LogP contribution >= 0.6 is 11.6 Å². The number of nitrogens with one attached hydrogen (secondary N) is 1. The predicted molar refractivity (Wildman–Crippen MR) is 86.0 cm³/mol. The quantitative estimate of drug-likeness (QED) is 0.921. The number of amides is 1. The molecule has 0 saturated heterocycles. The molecule has 0 radical (unpaired) electrons. The Morgan fingerprint density at radius 3 is 2.55 bits per heavy atom. The number of nitrogens with zero attached hydrogens (tertiary/aromatic N) is 3. The minimum absolute atomic E-state index is 0.131. The lowest BCUT2D eigenvalue weighted by Gasteiger charge is -2.13. The lowest BCUT2D eigenvalue weighted by molar-refractivity contribution is 0.101. The molecule has 0 fully saturated rings. The van der Waals surface area contributed by atoms with Crippen LogP contribution in [0.3, 0.4) is 0 Å². The second-order valence-corrected chi connectivity index (χ2v) is 6.46. The number of aryl methyl sites for hydroxylation is 1. The van der Waals surface area contributed by atoms with E-state index in [0.717, 1.165) is 5.69 Å². The Labute approximate surface area is 134 Å². The van der Waals surface area contributed by atoms with Gasteiger partial charge in [0.15, 0.2) is 0 Å². The molecule has 1 heterocycles. The highest BCUT2D eigenvalue weighted by molar-refractivity contribution is 6.32. The molecule has 0 aliphatic carbocycles. The van der Waals surface area contributed by atoms with Gasteiger partial charge < -0.3 is 5.32 Å². The van der Waals surface area contributed by atoms with Crippen LogP contribution in [0.1, 0.15) is 42.5 Å². The number of hydrogen-bond donors (Lipinski definition) is 1. The summed E-state index contributed by atoms with van der Waals surface area (Å²) in [6.07, 6.45) is 0. The second kappa shape index (κ2) is 5.82. The molecule has 114 valence electrons. The van der Waals surface area contributed by atoms with E-state index in [1.165, 1.54) is 0 Å². The second-order valence-electron chi connectivity index (χ2n) is 6.05. The minimum atomic E-state index is -0.272. The van der Waals surface area contributed by atoms with Crippen molar-refractivity contribution >= 4 is 23.2 Å². The van der Waals surface area contributed by atoms with Crippen LogP contribution in [0.2, 0.25) is 5.02 Å². The summed E-state index contributed by atoms with van der Waals surface area (Å²) >= 11 is 5.96. The standard InChI is InChI=1S/C16H17ClN4O/c1-16(2,3)14-8-13(21(4)20-14)15(22)19-11-6-5-10(9-18)12(17)7-11/h5-8H,1-4H3,(H,19,22). The van der Waals surface area contributed by atoms with Crippen LogP contribution < -0.4 is 5.32 Å². The van der Waals surface area contributed by atoms with E-state index in [1.54, 1.807) is 36.0 Å². The van der Waals surface area contributed by atoms with Gasteiger partial charge in [-0.2, -0.15) is 10.4 Å². The highest BCUT2D eigenvalue weighted by Gasteiger charge is 2.21. The summed E-state index contributed by atoms with van der Waals surface area (Å²) in [6.45, 7) is 6.12. The number of anilines is 1. The molecule has 2 rings (SSSR count). The van der Waals surface area contributed by atoms with Crippen molar-refractivity contribution in [1.82, 2.24) is 9.78 Å². The van der Waals surface area contributed by atoms with E-state index < -0.39 is 0 Å². The molecule has 22 heavy (non-hydrogen) atoms. The van der Waals surface area contributed by atoms with Gasteiger partial charge in [0, 0.05) is 18.2 Å². The van der Waals surface area contributed by atoms with Crippen LogP contribution in [0.5, 0.6) is 0 Å². The first-order chi connectivity index (χ1) is 10.2. The van der Waals surface area contributed by atoms with Crippen LogP contribution in [0.4, 0.5) is 5.69 Å². The van der Waals surface area contributed by atoms with Crippen molar-refractivity contribution in [2.24, 2.45) is 7.05 Å². The maximum atomic E-state index is 12.4. The van der Waals surface area contributed by atoms with Crippen LogP contribution in [0.15, 0.2) is 24.3 Å². The Morgan fingerprint density at radius 1 is 1.36 bits per heavy atom. The Bertz CT molecular complexity index is 765. The monoisotopic (exact) mass is 316 g/mol. The van der Waals surface area contributed by atoms with Crippen molar-refractivity contribution in [2.75, 3.05) is 5.32 Å². The van der Waals surface area contributed by atoms with Crippen molar-refractivity contribution in [3.8, 4) is 6.07 Å². The molecule has 1 aromatic carbocycles. The van der Waals surface area contributed by atoms with Crippen LogP contribution in [0.25, 0.3) is 0 Å². The molecule has 1 aromatic heterocycles. The molecular weight excluding hydrogens is 300 g/mol. The van der Waals surface area contributed by atoms with Gasteiger partial charge in [-0.25, -0.2) is 0 Å². The molecule has 6 heteroatoms. The molecule has 1 N–H and O–H groups in total. The summed E-state index contributed by atoms with van der Waals surface area (Å²) < 4.78 is 1.56. The summed E-state index contributed by atoms with van der Waals surface area (Å²) in [5.41, 5.74) is 2.08. The van der Waals surface area contributed by atoms with E-state index in [9.17, 15) is 4.79 Å².